The van der Waals surface area contributed by atoms with E-state index in [-0.39, 0.29) is 58.3 Å². The van der Waals surface area contributed by atoms with Gasteiger partial charge in [0, 0.05) is 12.0 Å². The van der Waals surface area contributed by atoms with Gasteiger partial charge < -0.3 is 15.4 Å². The van der Waals surface area contributed by atoms with Gasteiger partial charge in [-0.15, -0.1) is 0 Å². The van der Waals surface area contributed by atoms with Crippen molar-refractivity contribution in [1.82, 2.24) is 10.6 Å². The quantitative estimate of drug-likeness (QED) is 0.229. The van der Waals surface area contributed by atoms with Crippen LogP contribution in [-0.4, -0.2) is 23.0 Å². The molecule has 1 saturated heterocycles. The number of cyclic esters (lactones) is 2. The molecule has 0 radical (unpaired) electrons. The monoisotopic (exact) mass is 548 g/mol. The Labute approximate surface area is 236 Å². The van der Waals surface area contributed by atoms with Crippen LogP contribution in [0.3, 0.4) is 0 Å². The Bertz CT molecular complexity index is 1260. The highest BCUT2D eigenvalue weighted by atomic mass is 32.1. The molecule has 7 heteroatoms. The van der Waals surface area contributed by atoms with Gasteiger partial charge in [0.2, 0.25) is 5.91 Å². The van der Waals surface area contributed by atoms with Crippen LogP contribution in [-0.2, 0) is 25.7 Å². The molecule has 1 spiro atoms. The number of allylic oxidation sites excluding steroid dienone is 2. The fourth-order valence-corrected chi connectivity index (χ4v) is 10.0. The van der Waals surface area contributed by atoms with Crippen LogP contribution in [0.25, 0.3) is 0 Å². The van der Waals surface area contributed by atoms with Crippen LogP contribution in [0.15, 0.2) is 42.0 Å². The zero-order chi connectivity index (χ0) is 27.7. The molecule has 2 N–H and O–H groups in total. The summed E-state index contributed by atoms with van der Waals surface area (Å²) in [5.74, 6) is -0.591. The molecule has 1 amide bonds. The molecule has 3 saturated carbocycles. The molecule has 0 aromatic heterocycles. The first kappa shape index (κ1) is 26.7. The summed E-state index contributed by atoms with van der Waals surface area (Å²) in [4.78, 5) is 40.0. The lowest BCUT2D eigenvalue weighted by Gasteiger charge is -2.68. The highest BCUT2D eigenvalue weighted by Crippen LogP contribution is 2.74. The van der Waals surface area contributed by atoms with Gasteiger partial charge in [0.25, 0.3) is 0 Å². The molecule has 8 unspecified atom stereocenters. The average molecular weight is 549 g/mol. The summed E-state index contributed by atoms with van der Waals surface area (Å²) < 4.78 is 5.31. The van der Waals surface area contributed by atoms with E-state index < -0.39 is 5.41 Å². The van der Waals surface area contributed by atoms with Gasteiger partial charge in [0.1, 0.15) is 0 Å². The van der Waals surface area contributed by atoms with Crippen molar-refractivity contribution in [1.29, 1.82) is 0 Å². The van der Waals surface area contributed by atoms with E-state index in [2.05, 4.69) is 44.4 Å². The Kier molecular flexibility index (Phi) is 6.33. The Morgan fingerprint density at radius 2 is 1.82 bits per heavy atom. The Balaban J connectivity index is 1.27. The van der Waals surface area contributed by atoms with Gasteiger partial charge in [-0.2, -0.15) is 0 Å². The molecule has 39 heavy (non-hydrogen) atoms. The number of nitrogens with one attached hydrogen (secondary N) is 2. The third-order valence-corrected chi connectivity index (χ3v) is 11.7. The minimum absolute atomic E-state index is 0.00681. The normalized spacial score (nSPS) is 40.2. The van der Waals surface area contributed by atoms with Crippen molar-refractivity contribution in [2.75, 3.05) is 0 Å². The van der Waals surface area contributed by atoms with E-state index in [1.54, 1.807) is 0 Å². The second-order valence-electron chi connectivity index (χ2n) is 13.5. The van der Waals surface area contributed by atoms with Gasteiger partial charge in [-0.3, -0.25) is 14.4 Å². The number of fused-ring (bicyclic) bond motifs is 1. The SMILES string of the molecule is CC(C)C1=CC23CCC4C(C)(C(=O)NC(=S)NCc5ccccc5)CCCC4(C)C2CC1C1C(=O)OC(=O)C13. The zero-order valence-corrected chi connectivity index (χ0v) is 24.2. The number of amides is 1. The molecule has 5 aliphatic carbocycles. The number of esters is 2. The highest BCUT2D eigenvalue weighted by molar-refractivity contribution is 7.80. The van der Waals surface area contributed by atoms with E-state index in [1.807, 2.05) is 30.3 Å². The maximum Gasteiger partial charge on any atom is 0.318 e. The first-order valence-electron chi connectivity index (χ1n) is 14.6. The minimum Gasteiger partial charge on any atom is -0.393 e. The summed E-state index contributed by atoms with van der Waals surface area (Å²) in [5, 5.41) is 6.59. The summed E-state index contributed by atoms with van der Waals surface area (Å²) in [6.45, 7) is 9.43. The van der Waals surface area contributed by atoms with Crippen molar-refractivity contribution in [3.8, 4) is 0 Å². The Morgan fingerprint density at radius 3 is 2.54 bits per heavy atom. The molecule has 6 aliphatic rings. The summed E-state index contributed by atoms with van der Waals surface area (Å²) in [7, 11) is 0. The van der Waals surface area contributed by atoms with E-state index in [1.165, 1.54) is 5.57 Å². The lowest BCUT2D eigenvalue weighted by atomic mass is 9.34. The predicted molar refractivity (Wildman–Crippen MR) is 152 cm³/mol. The van der Waals surface area contributed by atoms with Crippen LogP contribution in [0.4, 0.5) is 0 Å². The van der Waals surface area contributed by atoms with Gasteiger partial charge in [-0.25, -0.2) is 0 Å². The molecule has 8 atom stereocenters. The number of carbonyl (C=O) groups excluding carboxylic acids is 3. The van der Waals surface area contributed by atoms with Crippen molar-refractivity contribution >= 4 is 35.2 Å². The van der Waals surface area contributed by atoms with Crippen molar-refractivity contribution in [2.45, 2.75) is 72.8 Å². The van der Waals surface area contributed by atoms with Crippen LogP contribution in [0.2, 0.25) is 0 Å². The van der Waals surface area contributed by atoms with E-state index in [0.29, 0.717) is 17.6 Å². The maximum absolute atomic E-state index is 13.9. The molecule has 208 valence electrons. The first-order valence-corrected chi connectivity index (χ1v) is 15.0. The number of ether oxygens (including phenoxy) is 1. The summed E-state index contributed by atoms with van der Waals surface area (Å²) in [5.41, 5.74) is 1.39. The largest absolute Gasteiger partial charge is 0.393 e. The number of hydrogen-bond acceptors (Lipinski definition) is 5. The smallest absolute Gasteiger partial charge is 0.318 e. The molecule has 1 heterocycles. The standard InChI is InChI=1S/C32H40N2O4S/c1-18(2)21-16-32-14-11-22-30(3,23(32)15-20(21)24-25(32)27(36)38-26(24)35)12-8-13-31(22,4)28(37)34-29(39)33-17-19-9-6-5-7-10-19/h5-7,9-10,16,18,20,22-25H,8,11-15,17H2,1-4H3,(H2,33,34,37,39). The maximum atomic E-state index is 13.9. The second kappa shape index (κ2) is 9.25. The van der Waals surface area contributed by atoms with Crippen LogP contribution in [0.1, 0.15) is 71.8 Å². The molecule has 4 fully saturated rings. The van der Waals surface area contributed by atoms with Gasteiger partial charge in [0.05, 0.1) is 17.3 Å². The molecule has 2 bridgehead atoms. The van der Waals surface area contributed by atoms with E-state index in [4.69, 9.17) is 17.0 Å². The van der Waals surface area contributed by atoms with E-state index >= 15 is 0 Å². The number of rotatable bonds is 4. The molecular formula is C32H40N2O4S. The molecule has 1 aromatic rings. The number of benzene rings is 1. The van der Waals surface area contributed by atoms with Crippen LogP contribution in [0, 0.1) is 51.8 Å². The Hall–Kier alpha value is -2.54. The first-order chi connectivity index (χ1) is 18.5. The van der Waals surface area contributed by atoms with Crippen LogP contribution in [0.5, 0.6) is 0 Å². The van der Waals surface area contributed by atoms with Gasteiger partial charge in [-0.1, -0.05) is 76.1 Å². The highest BCUT2D eigenvalue weighted by Gasteiger charge is 2.73. The zero-order valence-electron chi connectivity index (χ0n) is 23.4. The number of hydrogen-bond donors (Lipinski definition) is 2. The van der Waals surface area contributed by atoms with Crippen molar-refractivity contribution in [3.63, 3.8) is 0 Å². The predicted octanol–water partition coefficient (Wildman–Crippen LogP) is 5.32. The second-order valence-corrected chi connectivity index (χ2v) is 13.9. The number of thiocarbonyl (C=S) groups is 1. The Morgan fingerprint density at radius 1 is 1.08 bits per heavy atom. The minimum atomic E-state index is -0.556. The lowest BCUT2D eigenvalue weighted by Crippen LogP contribution is -2.66. The molecule has 7 rings (SSSR count). The summed E-state index contributed by atoms with van der Waals surface area (Å²) in [6, 6.07) is 10.00. The lowest BCUT2D eigenvalue weighted by molar-refractivity contribution is -0.187. The summed E-state index contributed by atoms with van der Waals surface area (Å²) >= 11 is 5.54. The molecule has 1 aliphatic heterocycles. The topological polar surface area (TPSA) is 84.5 Å². The molecule has 1 aromatic carbocycles. The average Bonchev–Trinajstić information content (AvgIpc) is 3.23. The van der Waals surface area contributed by atoms with E-state index in [0.717, 1.165) is 44.1 Å². The fraction of sp³-hybridized carbons (Fsp3) is 0.625. The molecule has 6 nitrogen and oxygen atoms in total. The van der Waals surface area contributed by atoms with Gasteiger partial charge >= 0.3 is 11.9 Å². The fourth-order valence-electron chi connectivity index (χ4n) is 9.84. The van der Waals surface area contributed by atoms with E-state index in [9.17, 15) is 14.4 Å². The third-order valence-electron chi connectivity index (χ3n) is 11.4. The number of carbonyl (C=O) groups is 3. The van der Waals surface area contributed by atoms with Crippen LogP contribution < -0.4 is 10.6 Å². The molecular weight excluding hydrogens is 508 g/mol. The van der Waals surface area contributed by atoms with Gasteiger partial charge in [0.15, 0.2) is 5.11 Å². The summed E-state index contributed by atoms with van der Waals surface area (Å²) in [6.07, 6.45) is 7.77. The third kappa shape index (κ3) is 3.86. The van der Waals surface area contributed by atoms with Crippen LogP contribution >= 0.6 is 12.2 Å². The van der Waals surface area contributed by atoms with Crippen molar-refractivity contribution in [2.24, 2.45) is 51.8 Å². The van der Waals surface area contributed by atoms with Crippen molar-refractivity contribution < 1.29 is 19.1 Å². The van der Waals surface area contributed by atoms with Crippen molar-refractivity contribution in [3.05, 3.63) is 47.5 Å². The van der Waals surface area contributed by atoms with Gasteiger partial charge in [-0.05, 0) is 79.0 Å².